The number of halogens is 2. The van der Waals surface area contributed by atoms with Gasteiger partial charge in [-0.25, -0.2) is 4.79 Å². The molecule has 0 spiro atoms. The Morgan fingerprint density at radius 1 is 0.931 bits per heavy atom. The van der Waals surface area contributed by atoms with Gasteiger partial charge in [-0.2, -0.15) is 0 Å². The molecule has 0 atom stereocenters. The van der Waals surface area contributed by atoms with Crippen molar-refractivity contribution in [2.45, 2.75) is 6.54 Å². The molecule has 0 radical (unpaired) electrons. The molecule has 1 aliphatic heterocycles. The molecular weight excluding hydrogens is 498 g/mol. The van der Waals surface area contributed by atoms with Gasteiger partial charge in [0.2, 0.25) is 0 Å². The average molecular weight is 513 g/mol. The van der Waals surface area contributed by atoms with Crippen molar-refractivity contribution in [1.82, 2.24) is 0 Å². The Labute approximate surface area is 184 Å². The van der Waals surface area contributed by atoms with Gasteiger partial charge < -0.3 is 14.1 Å². The smallest absolute Gasteiger partial charge is 0.336 e. The van der Waals surface area contributed by atoms with Gasteiger partial charge in [-0.3, -0.25) is 0 Å². The van der Waals surface area contributed by atoms with E-state index >= 15 is 0 Å². The fourth-order valence-electron chi connectivity index (χ4n) is 3.68. The summed E-state index contributed by atoms with van der Waals surface area (Å²) in [5.41, 5.74) is 3.94. The van der Waals surface area contributed by atoms with Crippen molar-refractivity contribution in [3.8, 4) is 16.9 Å². The molecule has 0 N–H and O–H groups in total. The Kier molecular flexibility index (Phi) is 4.68. The Bertz CT molecular complexity index is 1280. The highest BCUT2D eigenvalue weighted by Gasteiger charge is 2.24. The standard InChI is InChI=1S/C23H15Br2NO3/c24-15-6-8-20(19(25)10-15)26-12-18-21(28-13-26)9-7-16-17(11-22(27)29-23(16)18)14-4-2-1-3-5-14/h1-11H,12-13H2. The summed E-state index contributed by atoms with van der Waals surface area (Å²) in [5.74, 6) is 0.746. The minimum atomic E-state index is -0.369. The summed E-state index contributed by atoms with van der Waals surface area (Å²) in [4.78, 5) is 14.5. The second kappa shape index (κ2) is 7.35. The van der Waals surface area contributed by atoms with E-state index in [1.807, 2.05) is 60.7 Å². The van der Waals surface area contributed by atoms with Crippen LogP contribution in [0.3, 0.4) is 0 Å². The number of hydrogen-bond donors (Lipinski definition) is 0. The van der Waals surface area contributed by atoms with Crippen molar-refractivity contribution in [1.29, 1.82) is 0 Å². The molecule has 1 aliphatic rings. The van der Waals surface area contributed by atoms with E-state index in [4.69, 9.17) is 9.15 Å². The molecule has 5 rings (SSSR count). The predicted molar refractivity (Wildman–Crippen MR) is 121 cm³/mol. The summed E-state index contributed by atoms with van der Waals surface area (Å²) >= 11 is 7.11. The van der Waals surface area contributed by atoms with Crippen molar-refractivity contribution in [3.05, 3.63) is 91.7 Å². The van der Waals surface area contributed by atoms with Gasteiger partial charge in [0.05, 0.1) is 17.8 Å². The van der Waals surface area contributed by atoms with Crippen molar-refractivity contribution < 1.29 is 9.15 Å². The maximum absolute atomic E-state index is 12.4. The van der Waals surface area contributed by atoms with Gasteiger partial charge in [-0.1, -0.05) is 46.3 Å². The molecule has 4 aromatic rings. The van der Waals surface area contributed by atoms with Gasteiger partial charge in [0.15, 0.2) is 6.73 Å². The van der Waals surface area contributed by atoms with E-state index in [9.17, 15) is 4.79 Å². The lowest BCUT2D eigenvalue weighted by molar-refractivity contribution is 0.289. The lowest BCUT2D eigenvalue weighted by Gasteiger charge is -2.31. The minimum Gasteiger partial charge on any atom is -0.473 e. The van der Waals surface area contributed by atoms with E-state index in [1.54, 1.807) is 6.07 Å². The summed E-state index contributed by atoms with van der Waals surface area (Å²) < 4.78 is 13.6. The van der Waals surface area contributed by atoms with Crippen LogP contribution in [0.25, 0.3) is 22.1 Å². The molecule has 0 saturated heterocycles. The monoisotopic (exact) mass is 511 g/mol. The van der Waals surface area contributed by atoms with Crippen LogP contribution < -0.4 is 15.3 Å². The van der Waals surface area contributed by atoms with Gasteiger partial charge in [0.1, 0.15) is 11.3 Å². The largest absolute Gasteiger partial charge is 0.473 e. The van der Waals surface area contributed by atoms with E-state index in [0.717, 1.165) is 42.5 Å². The summed E-state index contributed by atoms with van der Waals surface area (Å²) in [7, 11) is 0. The zero-order valence-electron chi connectivity index (χ0n) is 15.2. The van der Waals surface area contributed by atoms with Crippen LogP contribution in [0.5, 0.6) is 5.75 Å². The van der Waals surface area contributed by atoms with Crippen LogP contribution in [0, 0.1) is 0 Å². The molecule has 0 bridgehead atoms. The minimum absolute atomic E-state index is 0.369. The first-order chi connectivity index (χ1) is 14.1. The average Bonchev–Trinajstić information content (AvgIpc) is 2.73. The van der Waals surface area contributed by atoms with Crippen LogP contribution >= 0.6 is 31.9 Å². The summed E-state index contributed by atoms with van der Waals surface area (Å²) in [6, 6.07) is 21.4. The highest BCUT2D eigenvalue weighted by molar-refractivity contribution is 9.11. The third-order valence-corrected chi connectivity index (χ3v) is 6.16. The van der Waals surface area contributed by atoms with E-state index in [2.05, 4.69) is 36.8 Å². The van der Waals surface area contributed by atoms with Crippen molar-refractivity contribution in [2.24, 2.45) is 0 Å². The first-order valence-corrected chi connectivity index (χ1v) is 10.7. The van der Waals surface area contributed by atoms with Crippen LogP contribution in [0.15, 0.2) is 84.9 Å². The molecule has 0 unspecified atom stereocenters. The van der Waals surface area contributed by atoms with Gasteiger partial charge >= 0.3 is 5.63 Å². The van der Waals surface area contributed by atoms with Crippen LogP contribution in [-0.2, 0) is 6.54 Å². The maximum Gasteiger partial charge on any atom is 0.336 e. The van der Waals surface area contributed by atoms with Gasteiger partial charge in [0.25, 0.3) is 0 Å². The quantitative estimate of drug-likeness (QED) is 0.294. The molecule has 1 aromatic heterocycles. The molecule has 2 heterocycles. The number of ether oxygens (including phenoxy) is 1. The molecule has 0 aliphatic carbocycles. The van der Waals surface area contributed by atoms with Crippen molar-refractivity contribution in [2.75, 3.05) is 11.6 Å². The Hall–Kier alpha value is -2.57. The molecule has 4 nitrogen and oxygen atoms in total. The molecule has 0 amide bonds. The summed E-state index contributed by atoms with van der Waals surface area (Å²) in [6.07, 6.45) is 0. The molecule has 3 aromatic carbocycles. The van der Waals surface area contributed by atoms with Crippen LogP contribution in [-0.4, -0.2) is 6.73 Å². The lowest BCUT2D eigenvalue weighted by atomic mass is 9.99. The predicted octanol–water partition coefficient (Wildman–Crippen LogP) is 6.34. The van der Waals surface area contributed by atoms with Gasteiger partial charge in [-0.15, -0.1) is 0 Å². The fourth-order valence-corrected chi connectivity index (χ4v) is 4.98. The zero-order chi connectivity index (χ0) is 20.0. The van der Waals surface area contributed by atoms with Crippen molar-refractivity contribution >= 4 is 48.5 Å². The molecule has 0 fully saturated rings. The number of nitrogens with zero attached hydrogens (tertiary/aromatic N) is 1. The molecule has 144 valence electrons. The van der Waals surface area contributed by atoms with Gasteiger partial charge in [-0.05, 0) is 57.4 Å². The van der Waals surface area contributed by atoms with Crippen LogP contribution in [0.4, 0.5) is 5.69 Å². The summed E-state index contributed by atoms with van der Waals surface area (Å²) in [6.45, 7) is 0.995. The third-order valence-electron chi connectivity index (χ3n) is 5.03. The number of fused-ring (bicyclic) bond motifs is 3. The van der Waals surface area contributed by atoms with Crippen LogP contribution in [0.1, 0.15) is 5.56 Å². The number of hydrogen-bond acceptors (Lipinski definition) is 4. The topological polar surface area (TPSA) is 42.7 Å². The molecule has 29 heavy (non-hydrogen) atoms. The third kappa shape index (κ3) is 3.36. The second-order valence-corrected chi connectivity index (χ2v) is 8.60. The Morgan fingerprint density at radius 2 is 1.76 bits per heavy atom. The lowest BCUT2D eigenvalue weighted by Crippen LogP contribution is -2.32. The second-order valence-electron chi connectivity index (χ2n) is 6.83. The van der Waals surface area contributed by atoms with E-state index in [-0.39, 0.29) is 5.63 Å². The zero-order valence-corrected chi connectivity index (χ0v) is 18.4. The molecule has 6 heteroatoms. The first kappa shape index (κ1) is 18.5. The molecule has 0 saturated carbocycles. The van der Waals surface area contributed by atoms with Crippen molar-refractivity contribution in [3.63, 3.8) is 0 Å². The first-order valence-electron chi connectivity index (χ1n) is 9.08. The summed E-state index contributed by atoms with van der Waals surface area (Å²) in [5, 5.41) is 0.898. The van der Waals surface area contributed by atoms with Gasteiger partial charge in [0, 0.05) is 20.4 Å². The van der Waals surface area contributed by atoms with E-state index in [1.165, 1.54) is 0 Å². The highest BCUT2D eigenvalue weighted by Crippen LogP contribution is 2.39. The SMILES string of the molecule is O=c1cc(-c2ccccc2)c2ccc3c(c2o1)CN(c1ccc(Br)cc1Br)CO3. The number of benzene rings is 3. The molecular formula is C23H15Br2NO3. The van der Waals surface area contributed by atoms with E-state index < -0.39 is 0 Å². The Balaban J connectivity index is 1.66. The number of rotatable bonds is 2. The normalized spacial score (nSPS) is 13.2. The van der Waals surface area contributed by atoms with E-state index in [0.29, 0.717) is 18.9 Å². The maximum atomic E-state index is 12.4. The number of anilines is 1. The highest BCUT2D eigenvalue weighted by atomic mass is 79.9. The van der Waals surface area contributed by atoms with Crippen LogP contribution in [0.2, 0.25) is 0 Å². The fraction of sp³-hybridized carbons (Fsp3) is 0.0870. The Morgan fingerprint density at radius 3 is 2.55 bits per heavy atom.